The molecule has 24 heavy (non-hydrogen) atoms. The number of hydrogen-bond acceptors (Lipinski definition) is 4. The zero-order valence-electron chi connectivity index (χ0n) is 12.6. The molecule has 2 aromatic carbocycles. The highest BCUT2D eigenvalue weighted by molar-refractivity contribution is 6.22. The molecule has 0 spiro atoms. The molecule has 0 radical (unpaired) electrons. The number of nitrogens with zero attached hydrogens (tertiary/aromatic N) is 1. The summed E-state index contributed by atoms with van der Waals surface area (Å²) in [6.07, 6.45) is 0. The fourth-order valence-electron chi connectivity index (χ4n) is 2.40. The Bertz CT molecular complexity index is 886. The molecule has 0 fully saturated rings. The summed E-state index contributed by atoms with van der Waals surface area (Å²) < 4.78 is 0. The van der Waals surface area contributed by atoms with E-state index in [0.717, 1.165) is 4.90 Å². The van der Waals surface area contributed by atoms with E-state index in [1.165, 1.54) is 49.5 Å². The van der Waals surface area contributed by atoms with Crippen LogP contribution in [0.25, 0.3) is 0 Å². The second-order valence-corrected chi connectivity index (χ2v) is 5.27. The van der Waals surface area contributed by atoms with Crippen molar-refractivity contribution in [2.45, 2.75) is 0 Å². The standard InChI is InChI=1S/C17H12N2O5/c1-19-15(21)12-7-4-10(8-13(12)16(19)22)14(20)18-11-5-2-9(3-6-11)17(23)24/h2-8H,1H3,(H,18,20)(H,23,24). The lowest BCUT2D eigenvalue weighted by atomic mass is 10.1. The fourth-order valence-corrected chi connectivity index (χ4v) is 2.40. The first-order valence-corrected chi connectivity index (χ1v) is 6.99. The summed E-state index contributed by atoms with van der Waals surface area (Å²) in [5.41, 5.74) is 1.22. The molecule has 0 unspecified atom stereocenters. The number of anilines is 1. The summed E-state index contributed by atoms with van der Waals surface area (Å²) in [6, 6.07) is 9.97. The summed E-state index contributed by atoms with van der Waals surface area (Å²) in [6.45, 7) is 0. The minimum Gasteiger partial charge on any atom is -0.478 e. The number of rotatable bonds is 3. The van der Waals surface area contributed by atoms with Crippen molar-refractivity contribution in [1.82, 2.24) is 4.90 Å². The van der Waals surface area contributed by atoms with E-state index < -0.39 is 23.7 Å². The summed E-state index contributed by atoms with van der Waals surface area (Å²) in [5, 5.41) is 11.5. The number of amides is 3. The predicted octanol–water partition coefficient (Wildman–Crippen LogP) is 1.86. The molecule has 0 saturated heterocycles. The lowest BCUT2D eigenvalue weighted by Crippen LogP contribution is -2.24. The van der Waals surface area contributed by atoms with E-state index in [1.807, 2.05) is 0 Å². The third-order valence-corrected chi connectivity index (χ3v) is 3.74. The van der Waals surface area contributed by atoms with Crippen LogP contribution < -0.4 is 5.32 Å². The highest BCUT2D eigenvalue weighted by Gasteiger charge is 2.33. The number of aromatic carboxylic acids is 1. The third-order valence-electron chi connectivity index (χ3n) is 3.74. The first kappa shape index (κ1) is 15.4. The fraction of sp³-hybridized carbons (Fsp3) is 0.0588. The van der Waals surface area contributed by atoms with Gasteiger partial charge in [0, 0.05) is 18.3 Å². The SMILES string of the molecule is CN1C(=O)c2ccc(C(=O)Nc3ccc(C(=O)O)cc3)cc2C1=O. The van der Waals surface area contributed by atoms with Crippen molar-refractivity contribution in [3.05, 3.63) is 64.7 Å². The Morgan fingerprint density at radius 2 is 1.50 bits per heavy atom. The normalized spacial score (nSPS) is 13.0. The van der Waals surface area contributed by atoms with Crippen LogP contribution in [-0.2, 0) is 0 Å². The molecule has 1 aliphatic rings. The number of nitrogens with one attached hydrogen (secondary N) is 1. The maximum Gasteiger partial charge on any atom is 0.335 e. The van der Waals surface area contributed by atoms with Crippen LogP contribution in [0.4, 0.5) is 5.69 Å². The molecule has 2 aromatic rings. The van der Waals surface area contributed by atoms with E-state index >= 15 is 0 Å². The molecule has 7 nitrogen and oxygen atoms in total. The summed E-state index contributed by atoms with van der Waals surface area (Å²) >= 11 is 0. The zero-order chi connectivity index (χ0) is 17.4. The van der Waals surface area contributed by atoms with Gasteiger partial charge in [0.15, 0.2) is 0 Å². The van der Waals surface area contributed by atoms with Gasteiger partial charge < -0.3 is 10.4 Å². The Morgan fingerprint density at radius 3 is 2.12 bits per heavy atom. The Hall–Kier alpha value is -3.48. The maximum atomic E-state index is 12.3. The first-order chi connectivity index (χ1) is 11.4. The molecule has 0 bridgehead atoms. The van der Waals surface area contributed by atoms with Gasteiger partial charge in [-0.15, -0.1) is 0 Å². The summed E-state index contributed by atoms with van der Waals surface area (Å²) in [7, 11) is 1.38. The van der Waals surface area contributed by atoms with Crippen molar-refractivity contribution < 1.29 is 24.3 Å². The van der Waals surface area contributed by atoms with Gasteiger partial charge in [-0.1, -0.05) is 0 Å². The third kappa shape index (κ3) is 2.52. The molecule has 7 heteroatoms. The van der Waals surface area contributed by atoms with E-state index in [-0.39, 0.29) is 22.3 Å². The molecule has 0 aromatic heterocycles. The average Bonchev–Trinajstić information content (AvgIpc) is 2.79. The second kappa shape index (κ2) is 5.62. The van der Waals surface area contributed by atoms with Crippen molar-refractivity contribution in [2.24, 2.45) is 0 Å². The van der Waals surface area contributed by atoms with Crippen LogP contribution in [0.5, 0.6) is 0 Å². The van der Waals surface area contributed by atoms with Gasteiger partial charge in [0.25, 0.3) is 17.7 Å². The number of hydrogen-bond donors (Lipinski definition) is 2. The summed E-state index contributed by atoms with van der Waals surface area (Å²) in [5.74, 6) is -2.36. The van der Waals surface area contributed by atoms with Crippen LogP contribution in [0, 0.1) is 0 Å². The molecule has 3 rings (SSSR count). The minimum atomic E-state index is -1.06. The number of benzene rings is 2. The Kier molecular flexibility index (Phi) is 3.61. The Labute approximate surface area is 136 Å². The topological polar surface area (TPSA) is 104 Å². The number of carboxylic acids is 1. The molecule has 0 aliphatic carbocycles. The van der Waals surface area contributed by atoms with Crippen LogP contribution >= 0.6 is 0 Å². The van der Waals surface area contributed by atoms with E-state index in [4.69, 9.17) is 5.11 Å². The van der Waals surface area contributed by atoms with E-state index in [2.05, 4.69) is 5.32 Å². The van der Waals surface area contributed by atoms with Crippen LogP contribution in [0.1, 0.15) is 41.4 Å². The smallest absolute Gasteiger partial charge is 0.335 e. The maximum absolute atomic E-state index is 12.3. The monoisotopic (exact) mass is 324 g/mol. The number of carboxylic acid groups (broad SMARTS) is 1. The van der Waals surface area contributed by atoms with Crippen LogP contribution in [-0.4, -0.2) is 40.7 Å². The van der Waals surface area contributed by atoms with Gasteiger partial charge in [-0.2, -0.15) is 0 Å². The van der Waals surface area contributed by atoms with Crippen molar-refractivity contribution >= 4 is 29.4 Å². The van der Waals surface area contributed by atoms with Crippen LogP contribution in [0.15, 0.2) is 42.5 Å². The first-order valence-electron chi connectivity index (χ1n) is 6.99. The number of imide groups is 1. The Balaban J connectivity index is 1.83. The lowest BCUT2D eigenvalue weighted by molar-refractivity contribution is 0.0682. The van der Waals surface area contributed by atoms with E-state index in [9.17, 15) is 19.2 Å². The van der Waals surface area contributed by atoms with Crippen molar-refractivity contribution in [2.75, 3.05) is 12.4 Å². The van der Waals surface area contributed by atoms with E-state index in [1.54, 1.807) is 0 Å². The highest BCUT2D eigenvalue weighted by atomic mass is 16.4. The van der Waals surface area contributed by atoms with Gasteiger partial charge in [-0.3, -0.25) is 19.3 Å². The number of carbonyl (C=O) groups excluding carboxylic acids is 3. The van der Waals surface area contributed by atoms with Crippen molar-refractivity contribution in [3.63, 3.8) is 0 Å². The zero-order valence-corrected chi connectivity index (χ0v) is 12.6. The van der Waals surface area contributed by atoms with Gasteiger partial charge in [-0.05, 0) is 42.5 Å². The van der Waals surface area contributed by atoms with E-state index in [0.29, 0.717) is 5.69 Å². The predicted molar refractivity (Wildman–Crippen MR) is 84.2 cm³/mol. The summed E-state index contributed by atoms with van der Waals surface area (Å²) in [4.78, 5) is 47.8. The number of carbonyl (C=O) groups is 4. The lowest BCUT2D eigenvalue weighted by Gasteiger charge is -2.06. The molecular formula is C17H12N2O5. The molecule has 120 valence electrons. The van der Waals surface area contributed by atoms with Crippen LogP contribution in [0.2, 0.25) is 0 Å². The molecule has 0 atom stereocenters. The molecule has 1 aliphatic heterocycles. The van der Waals surface area contributed by atoms with Crippen LogP contribution in [0.3, 0.4) is 0 Å². The largest absolute Gasteiger partial charge is 0.478 e. The number of fused-ring (bicyclic) bond motifs is 1. The molecule has 1 heterocycles. The van der Waals surface area contributed by atoms with Crippen molar-refractivity contribution in [3.8, 4) is 0 Å². The van der Waals surface area contributed by atoms with Gasteiger partial charge in [0.05, 0.1) is 16.7 Å². The molecular weight excluding hydrogens is 312 g/mol. The van der Waals surface area contributed by atoms with Crippen molar-refractivity contribution in [1.29, 1.82) is 0 Å². The Morgan fingerprint density at radius 1 is 0.917 bits per heavy atom. The molecule has 3 amide bonds. The average molecular weight is 324 g/mol. The van der Waals surface area contributed by atoms with Gasteiger partial charge >= 0.3 is 5.97 Å². The second-order valence-electron chi connectivity index (χ2n) is 5.27. The highest BCUT2D eigenvalue weighted by Crippen LogP contribution is 2.23. The quantitative estimate of drug-likeness (QED) is 0.839. The minimum absolute atomic E-state index is 0.109. The van der Waals surface area contributed by atoms with Gasteiger partial charge in [0.2, 0.25) is 0 Å². The van der Waals surface area contributed by atoms with Gasteiger partial charge in [-0.25, -0.2) is 4.79 Å². The van der Waals surface area contributed by atoms with Gasteiger partial charge in [0.1, 0.15) is 0 Å². The molecule has 0 saturated carbocycles. The molecule has 2 N–H and O–H groups in total.